The van der Waals surface area contributed by atoms with Crippen molar-refractivity contribution in [1.82, 2.24) is 4.90 Å². The largest absolute Gasteiger partial charge is 0.507 e. The molecule has 7 heteroatoms. The number of carbonyl (C=O) groups is 2. The molecule has 0 bridgehead atoms. The van der Waals surface area contributed by atoms with Crippen LogP contribution in [0.5, 0.6) is 17.2 Å². The molecule has 3 aromatic rings. The zero-order chi connectivity index (χ0) is 26.1. The standard InChI is InChI=1S/C30H29NO6/c1-3-36-25-17-20(9-11-23(25)32)27-26(28(33)21-10-12-24-22(16-21)15-18(2)37-24)29(34)30(35)31(27)14-13-19-7-5-4-6-8-19/h4-12,16-18,27,32-33H,3,13-15H2,1-2H3/t18-,27-/m1/s1. The van der Waals surface area contributed by atoms with Gasteiger partial charge in [-0.05, 0) is 67.3 Å². The van der Waals surface area contributed by atoms with Crippen LogP contribution in [0.2, 0.25) is 0 Å². The third-order valence-electron chi connectivity index (χ3n) is 6.79. The topological polar surface area (TPSA) is 96.3 Å². The second-order valence-electron chi connectivity index (χ2n) is 9.34. The van der Waals surface area contributed by atoms with Gasteiger partial charge in [0.1, 0.15) is 17.6 Å². The molecular weight excluding hydrogens is 470 g/mol. The first-order valence-corrected chi connectivity index (χ1v) is 12.5. The maximum atomic E-state index is 13.4. The van der Waals surface area contributed by atoms with Gasteiger partial charge >= 0.3 is 0 Å². The molecule has 2 N–H and O–H groups in total. The summed E-state index contributed by atoms with van der Waals surface area (Å²) >= 11 is 0. The number of benzene rings is 3. The molecule has 0 spiro atoms. The smallest absolute Gasteiger partial charge is 0.295 e. The molecule has 2 heterocycles. The molecular formula is C30H29NO6. The molecule has 2 aliphatic heterocycles. The van der Waals surface area contributed by atoms with Gasteiger partial charge in [0, 0.05) is 18.5 Å². The van der Waals surface area contributed by atoms with E-state index in [2.05, 4.69) is 0 Å². The van der Waals surface area contributed by atoms with E-state index in [1.807, 2.05) is 43.3 Å². The quantitative estimate of drug-likeness (QED) is 0.276. The lowest BCUT2D eigenvalue weighted by Crippen LogP contribution is -2.31. The number of aliphatic hydroxyl groups excluding tert-OH is 1. The number of Topliss-reactive ketones (excluding diaryl/α,β-unsaturated/α-hetero) is 1. The molecule has 0 radical (unpaired) electrons. The first-order valence-electron chi connectivity index (χ1n) is 12.5. The molecule has 190 valence electrons. The van der Waals surface area contributed by atoms with Crippen molar-refractivity contribution in [3.63, 3.8) is 0 Å². The van der Waals surface area contributed by atoms with Crippen molar-refractivity contribution >= 4 is 17.4 Å². The molecule has 2 aliphatic rings. The number of hydrogen-bond acceptors (Lipinski definition) is 6. The number of amides is 1. The van der Waals surface area contributed by atoms with Crippen molar-refractivity contribution < 1.29 is 29.3 Å². The SMILES string of the molecule is CCOc1cc([C@@H]2C(=C(O)c3ccc4c(c3)C[C@@H](C)O4)C(=O)C(=O)N2CCc2ccccc2)ccc1O. The Labute approximate surface area is 215 Å². The monoisotopic (exact) mass is 499 g/mol. The number of carbonyl (C=O) groups excluding carboxylic acids is 2. The third kappa shape index (κ3) is 4.65. The Hall–Kier alpha value is -4.26. The Morgan fingerprint density at radius 3 is 2.62 bits per heavy atom. The fraction of sp³-hybridized carbons (Fsp3) is 0.267. The summed E-state index contributed by atoms with van der Waals surface area (Å²) in [4.78, 5) is 28.2. The van der Waals surface area contributed by atoms with Crippen LogP contribution in [-0.4, -0.2) is 46.1 Å². The third-order valence-corrected chi connectivity index (χ3v) is 6.79. The highest BCUT2D eigenvalue weighted by Crippen LogP contribution is 2.42. The van der Waals surface area contributed by atoms with Crippen molar-refractivity contribution in [2.24, 2.45) is 0 Å². The number of phenols is 1. The van der Waals surface area contributed by atoms with Gasteiger partial charge in [-0.2, -0.15) is 0 Å². The number of fused-ring (bicyclic) bond motifs is 1. The van der Waals surface area contributed by atoms with E-state index in [-0.39, 0.29) is 35.5 Å². The molecule has 3 aromatic carbocycles. The van der Waals surface area contributed by atoms with Crippen molar-refractivity contribution in [2.75, 3.05) is 13.2 Å². The normalized spacial score (nSPS) is 20.1. The summed E-state index contributed by atoms with van der Waals surface area (Å²) in [5.41, 5.74) is 2.99. The van der Waals surface area contributed by atoms with Crippen LogP contribution in [0.3, 0.4) is 0 Å². The lowest BCUT2D eigenvalue weighted by molar-refractivity contribution is -0.139. The second kappa shape index (κ2) is 10.0. The van der Waals surface area contributed by atoms with Crippen molar-refractivity contribution in [1.29, 1.82) is 0 Å². The van der Waals surface area contributed by atoms with E-state index in [1.165, 1.54) is 11.0 Å². The number of nitrogens with zero attached hydrogens (tertiary/aromatic N) is 1. The highest BCUT2D eigenvalue weighted by molar-refractivity contribution is 6.46. The predicted octanol–water partition coefficient (Wildman–Crippen LogP) is 4.78. The summed E-state index contributed by atoms with van der Waals surface area (Å²) < 4.78 is 11.3. The molecule has 0 aliphatic carbocycles. The van der Waals surface area contributed by atoms with Crippen molar-refractivity contribution in [3.05, 3.63) is 94.6 Å². The number of ether oxygens (including phenoxy) is 2. The molecule has 5 rings (SSSR count). The molecule has 1 fully saturated rings. The molecule has 2 atom stereocenters. The summed E-state index contributed by atoms with van der Waals surface area (Å²) in [5.74, 6) is -0.696. The first kappa shape index (κ1) is 24.4. The van der Waals surface area contributed by atoms with Crippen LogP contribution in [0.25, 0.3) is 5.76 Å². The zero-order valence-electron chi connectivity index (χ0n) is 20.8. The Morgan fingerprint density at radius 2 is 1.86 bits per heavy atom. The van der Waals surface area contributed by atoms with E-state index < -0.39 is 17.7 Å². The van der Waals surface area contributed by atoms with Gasteiger partial charge in [0.15, 0.2) is 11.5 Å². The number of hydrogen-bond donors (Lipinski definition) is 2. The Balaban J connectivity index is 1.60. The van der Waals surface area contributed by atoms with E-state index >= 15 is 0 Å². The number of aromatic hydroxyl groups is 1. The van der Waals surface area contributed by atoms with Gasteiger partial charge in [0.2, 0.25) is 0 Å². The van der Waals surface area contributed by atoms with E-state index in [4.69, 9.17) is 9.47 Å². The van der Waals surface area contributed by atoms with E-state index in [9.17, 15) is 19.8 Å². The van der Waals surface area contributed by atoms with Crippen LogP contribution in [0.15, 0.2) is 72.3 Å². The number of ketones is 1. The molecule has 1 saturated heterocycles. The number of rotatable bonds is 7. The van der Waals surface area contributed by atoms with Gasteiger partial charge in [-0.25, -0.2) is 0 Å². The summed E-state index contributed by atoms with van der Waals surface area (Å²) in [5, 5.41) is 21.7. The fourth-order valence-corrected chi connectivity index (χ4v) is 5.05. The van der Waals surface area contributed by atoms with Gasteiger partial charge in [0.25, 0.3) is 11.7 Å². The van der Waals surface area contributed by atoms with Gasteiger partial charge in [-0.15, -0.1) is 0 Å². The highest BCUT2D eigenvalue weighted by Gasteiger charge is 2.46. The van der Waals surface area contributed by atoms with Crippen molar-refractivity contribution in [3.8, 4) is 17.2 Å². The Bertz CT molecular complexity index is 1380. The van der Waals surface area contributed by atoms with Gasteiger partial charge in [-0.3, -0.25) is 9.59 Å². The first-order chi connectivity index (χ1) is 17.9. The summed E-state index contributed by atoms with van der Waals surface area (Å²) in [6.07, 6.45) is 1.26. The summed E-state index contributed by atoms with van der Waals surface area (Å²) in [6, 6.07) is 18.9. The minimum absolute atomic E-state index is 0.0121. The molecule has 37 heavy (non-hydrogen) atoms. The van der Waals surface area contributed by atoms with Crippen LogP contribution >= 0.6 is 0 Å². The molecule has 1 amide bonds. The minimum atomic E-state index is -0.841. The summed E-state index contributed by atoms with van der Waals surface area (Å²) in [6.45, 7) is 4.38. The van der Waals surface area contributed by atoms with Crippen LogP contribution in [-0.2, 0) is 22.4 Å². The van der Waals surface area contributed by atoms with Crippen molar-refractivity contribution in [2.45, 2.75) is 38.8 Å². The van der Waals surface area contributed by atoms with Gasteiger partial charge in [0.05, 0.1) is 18.2 Å². The average Bonchev–Trinajstić information content (AvgIpc) is 3.39. The summed E-state index contributed by atoms with van der Waals surface area (Å²) in [7, 11) is 0. The maximum Gasteiger partial charge on any atom is 0.295 e. The molecule has 0 unspecified atom stereocenters. The number of phenolic OH excluding ortho intramolecular Hbond substituents is 1. The van der Waals surface area contributed by atoms with E-state index in [0.717, 1.165) is 16.9 Å². The van der Waals surface area contributed by atoms with Crippen LogP contribution in [0, 0.1) is 0 Å². The van der Waals surface area contributed by atoms with E-state index in [1.54, 1.807) is 31.2 Å². The predicted molar refractivity (Wildman–Crippen MR) is 139 cm³/mol. The Kier molecular flexibility index (Phi) is 6.61. The van der Waals surface area contributed by atoms with Gasteiger partial charge < -0.3 is 24.6 Å². The molecule has 7 nitrogen and oxygen atoms in total. The van der Waals surface area contributed by atoms with Crippen LogP contribution in [0.4, 0.5) is 0 Å². The average molecular weight is 500 g/mol. The molecule has 0 aromatic heterocycles. The Morgan fingerprint density at radius 1 is 1.08 bits per heavy atom. The number of likely N-dealkylation sites (tertiary alicyclic amines) is 1. The maximum absolute atomic E-state index is 13.4. The zero-order valence-corrected chi connectivity index (χ0v) is 20.8. The lowest BCUT2D eigenvalue weighted by atomic mass is 9.94. The van der Waals surface area contributed by atoms with Crippen LogP contribution < -0.4 is 9.47 Å². The van der Waals surface area contributed by atoms with Crippen LogP contribution in [0.1, 0.15) is 42.1 Å². The minimum Gasteiger partial charge on any atom is -0.507 e. The highest BCUT2D eigenvalue weighted by atomic mass is 16.5. The van der Waals surface area contributed by atoms with Gasteiger partial charge in [-0.1, -0.05) is 36.4 Å². The molecule has 0 saturated carbocycles. The number of aliphatic hydroxyl groups is 1. The van der Waals surface area contributed by atoms with E-state index in [0.29, 0.717) is 30.6 Å². The lowest BCUT2D eigenvalue weighted by Gasteiger charge is -2.26. The second-order valence-corrected chi connectivity index (χ2v) is 9.34. The fourth-order valence-electron chi connectivity index (χ4n) is 5.05.